The largest absolute Gasteiger partial charge is 0.323 e. The Morgan fingerprint density at radius 1 is 0.579 bits per heavy atom. The van der Waals surface area contributed by atoms with Crippen LogP contribution in [0, 0.1) is 5.41 Å². The summed E-state index contributed by atoms with van der Waals surface area (Å²) >= 11 is 0. The third-order valence-corrected chi connectivity index (χ3v) is 12.4. The predicted octanol–water partition coefficient (Wildman–Crippen LogP) is 12.4. The number of aromatic amines is 1. The number of fused-ring (bicyclic) bond motifs is 7. The average molecular weight is 730 g/mol. The molecule has 12 rings (SSSR count). The summed E-state index contributed by atoms with van der Waals surface area (Å²) < 4.78 is 2.37. The number of rotatable bonds is 3. The summed E-state index contributed by atoms with van der Waals surface area (Å²) in [6, 6.07) is 58.4. The number of nitrogens with zero attached hydrogens (tertiary/aromatic N) is 3. The Hall–Kier alpha value is -7.37. The first-order chi connectivity index (χ1) is 27.9. The zero-order valence-corrected chi connectivity index (χ0v) is 31.4. The first-order valence-electron chi connectivity index (χ1n) is 19.5. The van der Waals surface area contributed by atoms with Gasteiger partial charge in [0, 0.05) is 38.4 Å². The maximum absolute atomic E-state index is 9.17. The van der Waals surface area contributed by atoms with Gasteiger partial charge in [0.1, 0.15) is 0 Å². The lowest BCUT2D eigenvalue weighted by Gasteiger charge is -2.21. The van der Waals surface area contributed by atoms with E-state index in [1.165, 1.54) is 71.6 Å². The molecule has 2 heterocycles. The van der Waals surface area contributed by atoms with E-state index in [1.807, 2.05) is 30.3 Å². The van der Waals surface area contributed by atoms with Crippen molar-refractivity contribution in [2.75, 3.05) is 0 Å². The van der Waals surface area contributed by atoms with Crippen molar-refractivity contribution in [3.8, 4) is 50.3 Å². The Morgan fingerprint density at radius 2 is 1.25 bits per heavy atom. The molecule has 0 amide bonds. The maximum Gasteiger partial charge on any atom is 0.229 e. The highest BCUT2D eigenvalue weighted by Gasteiger charge is 2.35. The molecule has 2 aliphatic carbocycles. The number of para-hydroxylation sites is 1. The quantitative estimate of drug-likeness (QED) is 0.138. The molecule has 2 aromatic heterocycles. The van der Waals surface area contributed by atoms with Crippen molar-refractivity contribution in [2.45, 2.75) is 19.3 Å². The highest BCUT2D eigenvalue weighted by atomic mass is 15.0. The summed E-state index contributed by atoms with van der Waals surface area (Å²) in [5.41, 5.74) is 17.4. The molecular weight excluding hydrogens is 695 g/mol. The molecule has 5 nitrogen and oxygen atoms in total. The van der Waals surface area contributed by atoms with E-state index in [1.54, 1.807) is 0 Å². The molecule has 0 saturated heterocycles. The smallest absolute Gasteiger partial charge is 0.229 e. The van der Waals surface area contributed by atoms with Gasteiger partial charge in [0.25, 0.3) is 0 Å². The van der Waals surface area contributed by atoms with E-state index in [-0.39, 0.29) is 11.3 Å². The summed E-state index contributed by atoms with van der Waals surface area (Å²) in [7, 11) is 0. The summed E-state index contributed by atoms with van der Waals surface area (Å²) in [5.74, 6) is 0.141. The van der Waals surface area contributed by atoms with Crippen LogP contribution in [0.15, 0.2) is 169 Å². The Morgan fingerprint density at radius 3 is 2.07 bits per heavy atom. The Balaban J connectivity index is 0.966. The number of hydrogen-bond acceptors (Lipinski definition) is 2. The molecular formula is C52H35N5. The molecule has 57 heavy (non-hydrogen) atoms. The summed E-state index contributed by atoms with van der Waals surface area (Å²) in [5, 5.41) is 15.3. The van der Waals surface area contributed by atoms with E-state index in [2.05, 4.69) is 157 Å². The Labute approximate surface area is 328 Å². The van der Waals surface area contributed by atoms with Gasteiger partial charge in [-0.15, -0.1) is 0 Å². The van der Waals surface area contributed by atoms with Crippen LogP contribution in [0.1, 0.15) is 30.5 Å². The van der Waals surface area contributed by atoms with Crippen molar-refractivity contribution in [3.63, 3.8) is 0 Å². The van der Waals surface area contributed by atoms with Gasteiger partial charge in [-0.1, -0.05) is 129 Å². The lowest BCUT2D eigenvalue weighted by Crippen LogP contribution is -2.17. The number of nitrogens with one attached hydrogen (secondary N) is 2. The van der Waals surface area contributed by atoms with Crippen LogP contribution in [-0.4, -0.2) is 20.4 Å². The van der Waals surface area contributed by atoms with Crippen molar-refractivity contribution in [1.82, 2.24) is 14.5 Å². The van der Waals surface area contributed by atoms with Gasteiger partial charge in [-0.2, -0.15) is 4.99 Å². The number of amidine groups is 1. The highest BCUT2D eigenvalue weighted by molar-refractivity contribution is 6.30. The van der Waals surface area contributed by atoms with Crippen molar-refractivity contribution in [1.29, 1.82) is 5.41 Å². The van der Waals surface area contributed by atoms with Crippen LogP contribution in [0.4, 0.5) is 0 Å². The van der Waals surface area contributed by atoms with Gasteiger partial charge in [-0.3, -0.25) is 5.41 Å². The minimum absolute atomic E-state index is 0.0711. The number of benzene rings is 8. The molecule has 5 heteroatoms. The molecule has 0 atom stereocenters. The summed E-state index contributed by atoms with van der Waals surface area (Å²) in [6.07, 6.45) is 0. The zero-order chi connectivity index (χ0) is 38.0. The molecule has 0 fully saturated rings. The van der Waals surface area contributed by atoms with E-state index < -0.39 is 0 Å². The van der Waals surface area contributed by atoms with E-state index in [0.717, 1.165) is 33.4 Å². The van der Waals surface area contributed by atoms with Crippen LogP contribution in [0.2, 0.25) is 0 Å². The fourth-order valence-corrected chi connectivity index (χ4v) is 9.80. The molecule has 0 aliphatic heterocycles. The molecule has 0 unspecified atom stereocenters. The van der Waals surface area contributed by atoms with Gasteiger partial charge >= 0.3 is 0 Å². The first kappa shape index (κ1) is 31.9. The maximum atomic E-state index is 9.17. The van der Waals surface area contributed by atoms with E-state index in [0.29, 0.717) is 11.2 Å². The average Bonchev–Trinajstić information content (AvgIpc) is 3.66. The first-order valence-corrected chi connectivity index (χ1v) is 19.5. The topological polar surface area (TPSA) is 69.8 Å². The Bertz CT molecular complexity index is 3450. The number of H-pyrrole nitrogens is 1. The third-order valence-electron chi connectivity index (χ3n) is 12.4. The predicted molar refractivity (Wildman–Crippen MR) is 234 cm³/mol. The molecule has 0 radical (unpaired) electrons. The van der Waals surface area contributed by atoms with Gasteiger partial charge in [0.05, 0.1) is 22.2 Å². The van der Waals surface area contributed by atoms with Crippen molar-refractivity contribution in [2.24, 2.45) is 4.99 Å². The highest BCUT2D eigenvalue weighted by Crippen LogP contribution is 2.51. The standard InChI is InChI=1S/C52H35N5/c1-52(2)41-18-7-5-14-36(41)40-29-32(23-27-42(40)52)49-39-15-6-8-19-43(39)54-51(55-49)56-50(53)31-21-25-33(26-22-31)57-44-20-10-17-38-35-13-4-3-12-34(35)37-16-9-11-30-24-28-45(57)48(46(30)37)47(38)44/h3-29H,1-2H3,(H2,53,54,55,56). The van der Waals surface area contributed by atoms with E-state index in [9.17, 15) is 0 Å². The normalized spacial score (nSPS) is 13.8. The number of aromatic nitrogens is 3. The van der Waals surface area contributed by atoms with Gasteiger partial charge < -0.3 is 9.55 Å². The molecule has 2 N–H and O–H groups in total. The minimum Gasteiger partial charge on any atom is -0.323 e. The second-order valence-corrected chi connectivity index (χ2v) is 15.8. The van der Waals surface area contributed by atoms with E-state index in [4.69, 9.17) is 15.4 Å². The Kier molecular flexibility index (Phi) is 6.48. The second kappa shape index (κ2) is 11.6. The third kappa shape index (κ3) is 4.48. The van der Waals surface area contributed by atoms with Gasteiger partial charge in [-0.05, 0) is 104 Å². The monoisotopic (exact) mass is 729 g/mol. The van der Waals surface area contributed by atoms with Crippen LogP contribution in [0.3, 0.4) is 0 Å². The van der Waals surface area contributed by atoms with Crippen molar-refractivity contribution < 1.29 is 0 Å². The van der Waals surface area contributed by atoms with E-state index >= 15 is 0 Å². The summed E-state index contributed by atoms with van der Waals surface area (Å²) in [6.45, 7) is 4.59. The number of hydrogen-bond donors (Lipinski definition) is 2. The lowest BCUT2D eigenvalue weighted by atomic mass is 9.82. The molecule has 268 valence electrons. The summed E-state index contributed by atoms with van der Waals surface area (Å²) in [4.78, 5) is 13.3. The molecule has 0 saturated carbocycles. The second-order valence-electron chi connectivity index (χ2n) is 15.8. The van der Waals surface area contributed by atoms with Crippen molar-refractivity contribution in [3.05, 3.63) is 186 Å². The molecule has 0 spiro atoms. The molecule has 0 bridgehead atoms. The molecule has 10 aromatic rings. The van der Waals surface area contributed by atoms with Gasteiger partial charge in [0.15, 0.2) is 5.84 Å². The van der Waals surface area contributed by atoms with Crippen LogP contribution in [0.5, 0.6) is 0 Å². The molecule has 2 aliphatic rings. The lowest BCUT2D eigenvalue weighted by molar-refractivity contribution is 0.660. The van der Waals surface area contributed by atoms with Crippen LogP contribution >= 0.6 is 0 Å². The van der Waals surface area contributed by atoms with Crippen molar-refractivity contribution >= 4 is 49.3 Å². The molecule has 8 aromatic carbocycles. The van der Waals surface area contributed by atoms with Gasteiger partial charge in [-0.25, -0.2) is 4.98 Å². The van der Waals surface area contributed by atoms with Gasteiger partial charge in [0.2, 0.25) is 5.62 Å². The van der Waals surface area contributed by atoms with Crippen LogP contribution in [0.25, 0.3) is 93.8 Å². The fourth-order valence-electron chi connectivity index (χ4n) is 9.80. The zero-order valence-electron chi connectivity index (χ0n) is 31.4. The van der Waals surface area contributed by atoms with Crippen LogP contribution in [-0.2, 0) is 5.41 Å². The fraction of sp³-hybridized carbons (Fsp3) is 0.0577. The SMILES string of the molecule is CC1(C)c2ccccc2-c2cc(-c3nc(=NC(=N)c4ccc(-n5c6cccc7c6c6c8c(cccc8ccc65)-c5ccccc5-7)cc4)[nH]c4ccccc34)ccc21. The van der Waals surface area contributed by atoms with Crippen LogP contribution < -0.4 is 5.62 Å². The minimum atomic E-state index is -0.0711.